The number of aliphatic hydroxyl groups excluding tert-OH is 8. The van der Waals surface area contributed by atoms with Crippen molar-refractivity contribution in [2.45, 2.75) is 106 Å². The lowest BCUT2D eigenvalue weighted by Crippen LogP contribution is -2.64. The SMILES string of the molecule is C[C@@H]1O[C@@H](O[C@H]2[C@@H](O)[C@H](C)O[C@@H](OC[C@H]3O[C@@H](Oc4c(-c5ccc(O)cc5)oc5cc(O)cc(O)c5c4=O)[C@H](O)[C@@H](O)[C@H]3O)[C@@H]2O)[C@H](O)[C@@H](O)[C@H]1O. The molecule has 3 aliphatic rings. The van der Waals surface area contributed by atoms with Crippen molar-refractivity contribution < 1.29 is 89.0 Å². The average molecular weight is 741 g/mol. The van der Waals surface area contributed by atoms with Crippen LogP contribution < -0.4 is 10.2 Å². The van der Waals surface area contributed by atoms with E-state index >= 15 is 0 Å². The number of phenolic OH excluding ortho intramolecular Hbond substituents is 3. The lowest BCUT2D eigenvalue weighted by atomic mass is 9.97. The van der Waals surface area contributed by atoms with Crippen molar-refractivity contribution >= 4 is 11.0 Å². The number of aliphatic hydroxyl groups is 8. The fourth-order valence-corrected chi connectivity index (χ4v) is 6.21. The molecule has 286 valence electrons. The standard InChI is InChI=1S/C33H40O19/c1-10-19(37)23(41)25(43)32(48-10)51-29-20(38)11(2)47-31(27(29)45)46-9-17-21(39)24(42)26(44)33(50-17)52-30-22(40)18-15(36)7-14(35)8-16(18)49-28(30)12-3-5-13(34)6-4-12/h3-8,10-11,17,19-21,23-27,29,31-39,41-45H,9H2,1-2H3/t10-,11-,17+,19-,20-,21-,23-,24-,25+,26+,27+,29-,31+,32-,33-/m0/s1. The van der Waals surface area contributed by atoms with Gasteiger partial charge in [0.15, 0.2) is 18.3 Å². The summed E-state index contributed by atoms with van der Waals surface area (Å²) in [5.41, 5.74) is -1.06. The van der Waals surface area contributed by atoms with Gasteiger partial charge < -0.3 is 89.0 Å². The highest BCUT2D eigenvalue weighted by atomic mass is 16.7. The van der Waals surface area contributed by atoms with Crippen LogP contribution in [0.5, 0.6) is 23.0 Å². The van der Waals surface area contributed by atoms with Gasteiger partial charge >= 0.3 is 0 Å². The van der Waals surface area contributed by atoms with Crippen LogP contribution in [0.2, 0.25) is 0 Å². The van der Waals surface area contributed by atoms with E-state index in [1.807, 2.05) is 0 Å². The molecule has 0 bridgehead atoms. The summed E-state index contributed by atoms with van der Waals surface area (Å²) in [4.78, 5) is 13.7. The Hall–Kier alpha value is -3.67. The van der Waals surface area contributed by atoms with Crippen LogP contribution in [0, 0.1) is 0 Å². The van der Waals surface area contributed by atoms with Crippen LogP contribution in [0.4, 0.5) is 0 Å². The molecule has 3 aromatic rings. The highest BCUT2D eigenvalue weighted by Gasteiger charge is 2.51. The molecule has 0 amide bonds. The van der Waals surface area contributed by atoms with E-state index in [9.17, 15) is 61.0 Å². The largest absolute Gasteiger partial charge is 0.508 e. The minimum absolute atomic E-state index is 0.127. The highest BCUT2D eigenvalue weighted by molar-refractivity contribution is 5.88. The first kappa shape index (κ1) is 38.1. The Morgan fingerprint density at radius 1 is 0.654 bits per heavy atom. The van der Waals surface area contributed by atoms with Gasteiger partial charge in [-0.05, 0) is 38.1 Å². The maximum Gasteiger partial charge on any atom is 0.239 e. The summed E-state index contributed by atoms with van der Waals surface area (Å²) in [5, 5.41) is 115. The van der Waals surface area contributed by atoms with Gasteiger partial charge in [-0.15, -0.1) is 0 Å². The molecule has 0 aliphatic carbocycles. The molecule has 3 saturated heterocycles. The average Bonchev–Trinajstić information content (AvgIpc) is 3.10. The van der Waals surface area contributed by atoms with E-state index in [0.717, 1.165) is 12.1 Å². The van der Waals surface area contributed by atoms with Crippen LogP contribution in [-0.2, 0) is 23.7 Å². The maximum absolute atomic E-state index is 13.7. The van der Waals surface area contributed by atoms with Gasteiger partial charge in [0.2, 0.25) is 17.5 Å². The van der Waals surface area contributed by atoms with Crippen LogP contribution in [0.3, 0.4) is 0 Å². The van der Waals surface area contributed by atoms with Crippen molar-refractivity contribution in [3.8, 4) is 34.3 Å². The van der Waals surface area contributed by atoms with Crippen LogP contribution in [0.15, 0.2) is 45.6 Å². The molecule has 0 saturated carbocycles. The normalized spacial score (nSPS) is 38.3. The smallest absolute Gasteiger partial charge is 0.239 e. The van der Waals surface area contributed by atoms with Crippen molar-refractivity contribution in [1.29, 1.82) is 0 Å². The van der Waals surface area contributed by atoms with Crippen LogP contribution in [-0.4, -0.2) is 155 Å². The second-order valence-corrected chi connectivity index (χ2v) is 12.9. The van der Waals surface area contributed by atoms with Crippen molar-refractivity contribution in [3.05, 3.63) is 46.6 Å². The highest BCUT2D eigenvalue weighted by Crippen LogP contribution is 2.38. The quantitative estimate of drug-likeness (QED) is 0.113. The number of aromatic hydroxyl groups is 3. The summed E-state index contributed by atoms with van der Waals surface area (Å²) >= 11 is 0. The van der Waals surface area contributed by atoms with Gasteiger partial charge in [-0.25, -0.2) is 0 Å². The first-order valence-corrected chi connectivity index (χ1v) is 16.2. The molecular weight excluding hydrogens is 700 g/mol. The summed E-state index contributed by atoms with van der Waals surface area (Å²) in [6.07, 6.45) is -24.1. The van der Waals surface area contributed by atoms with Gasteiger partial charge in [0, 0.05) is 17.7 Å². The van der Waals surface area contributed by atoms with Gasteiger partial charge in [-0.2, -0.15) is 0 Å². The van der Waals surface area contributed by atoms with E-state index in [-0.39, 0.29) is 22.7 Å². The molecule has 0 unspecified atom stereocenters. The molecule has 3 aliphatic heterocycles. The molecule has 19 heteroatoms. The Balaban J connectivity index is 1.22. The summed E-state index contributed by atoms with van der Waals surface area (Å²) in [6.45, 7) is 2.16. The molecule has 4 heterocycles. The molecule has 52 heavy (non-hydrogen) atoms. The van der Waals surface area contributed by atoms with Gasteiger partial charge in [0.05, 0.1) is 18.8 Å². The van der Waals surface area contributed by atoms with E-state index in [4.69, 9.17) is 32.8 Å². The molecule has 19 nitrogen and oxygen atoms in total. The Morgan fingerprint density at radius 2 is 1.27 bits per heavy atom. The fourth-order valence-electron chi connectivity index (χ4n) is 6.21. The zero-order valence-electron chi connectivity index (χ0n) is 27.5. The third-order valence-electron chi connectivity index (χ3n) is 9.26. The Bertz CT molecular complexity index is 1770. The third kappa shape index (κ3) is 7.16. The summed E-state index contributed by atoms with van der Waals surface area (Å²) in [5.74, 6) is -2.13. The third-order valence-corrected chi connectivity index (χ3v) is 9.26. The lowest BCUT2D eigenvalue weighted by Gasteiger charge is -2.46. The van der Waals surface area contributed by atoms with Crippen LogP contribution in [0.1, 0.15) is 13.8 Å². The van der Waals surface area contributed by atoms with Gasteiger partial charge in [0.1, 0.15) is 89.3 Å². The maximum atomic E-state index is 13.7. The second-order valence-electron chi connectivity index (χ2n) is 12.9. The Morgan fingerprint density at radius 3 is 1.96 bits per heavy atom. The van der Waals surface area contributed by atoms with Crippen LogP contribution >= 0.6 is 0 Å². The molecule has 2 aromatic carbocycles. The Kier molecular flexibility index (Phi) is 11.0. The fraction of sp³-hybridized carbons (Fsp3) is 0.545. The zero-order valence-corrected chi connectivity index (χ0v) is 27.5. The zero-order chi connectivity index (χ0) is 37.8. The molecular formula is C33H40O19. The minimum Gasteiger partial charge on any atom is -0.508 e. The predicted octanol–water partition coefficient (Wildman–Crippen LogP) is -2.54. The monoisotopic (exact) mass is 740 g/mol. The van der Waals surface area contributed by atoms with Gasteiger partial charge in [-0.3, -0.25) is 4.79 Å². The number of hydrogen-bond acceptors (Lipinski definition) is 19. The van der Waals surface area contributed by atoms with E-state index in [0.29, 0.717) is 0 Å². The first-order chi connectivity index (χ1) is 24.6. The number of phenols is 3. The second kappa shape index (κ2) is 15.0. The van der Waals surface area contributed by atoms with Gasteiger partial charge in [-0.1, -0.05) is 0 Å². The number of hydrogen-bond donors (Lipinski definition) is 11. The molecule has 0 radical (unpaired) electrons. The Labute approximate surface area is 293 Å². The van der Waals surface area contributed by atoms with Crippen LogP contribution in [0.25, 0.3) is 22.3 Å². The van der Waals surface area contributed by atoms with Crippen molar-refractivity contribution in [2.75, 3.05) is 6.61 Å². The predicted molar refractivity (Wildman–Crippen MR) is 170 cm³/mol. The number of rotatable bonds is 8. The van der Waals surface area contributed by atoms with E-state index in [1.165, 1.54) is 38.1 Å². The molecule has 15 atom stereocenters. The number of ether oxygens (including phenoxy) is 6. The number of benzene rings is 2. The summed E-state index contributed by atoms with van der Waals surface area (Å²) in [6, 6.07) is 7.23. The lowest BCUT2D eigenvalue weighted by molar-refractivity contribution is -0.358. The molecule has 11 N–H and O–H groups in total. The van der Waals surface area contributed by atoms with Crippen molar-refractivity contribution in [3.63, 3.8) is 0 Å². The first-order valence-electron chi connectivity index (χ1n) is 16.2. The van der Waals surface area contributed by atoms with E-state index in [1.54, 1.807) is 0 Å². The van der Waals surface area contributed by atoms with E-state index in [2.05, 4.69) is 0 Å². The van der Waals surface area contributed by atoms with Crippen molar-refractivity contribution in [2.24, 2.45) is 0 Å². The van der Waals surface area contributed by atoms with E-state index < -0.39 is 127 Å². The molecule has 3 fully saturated rings. The number of fused-ring (bicyclic) bond motifs is 1. The van der Waals surface area contributed by atoms with Gasteiger partial charge in [0.25, 0.3) is 0 Å². The summed E-state index contributed by atoms with van der Waals surface area (Å²) in [7, 11) is 0. The molecule has 1 aromatic heterocycles. The molecule has 0 spiro atoms. The topological polar surface area (TPSA) is 308 Å². The van der Waals surface area contributed by atoms with Crippen molar-refractivity contribution in [1.82, 2.24) is 0 Å². The minimum atomic E-state index is -1.98. The molecule has 6 rings (SSSR count). The summed E-state index contributed by atoms with van der Waals surface area (Å²) < 4.78 is 39.6.